The fraction of sp³-hybridized carbons (Fsp3) is 0.844. The molecule has 2 unspecified atom stereocenters. The number of unbranched alkanes of at least 4 members (excludes halogenated alkanes) is 15. The van der Waals surface area contributed by atoms with E-state index in [1.165, 1.54) is 101 Å². The van der Waals surface area contributed by atoms with Crippen molar-refractivity contribution in [3.8, 4) is 0 Å². The van der Waals surface area contributed by atoms with Gasteiger partial charge in [0.1, 0.15) is 12.3 Å². The fourth-order valence-corrected chi connectivity index (χ4v) is 6.08. The molecule has 5 atom stereocenters. The van der Waals surface area contributed by atoms with E-state index in [1.807, 2.05) is 0 Å². The molecular weight excluding hydrogens is 645 g/mol. The Morgan fingerprint density at radius 1 is 1.04 bits per heavy atom. The van der Waals surface area contributed by atoms with E-state index in [-0.39, 0.29) is 19.6 Å². The summed E-state index contributed by atoms with van der Waals surface area (Å²) in [6.07, 6.45) is 19.0. The Morgan fingerprint density at radius 3 is 2.15 bits per heavy atom. The summed E-state index contributed by atoms with van der Waals surface area (Å²) in [5, 5.41) is 12.7. The number of hydrogen-bond acceptors (Lipinski definition) is 9. The van der Waals surface area contributed by atoms with Crippen molar-refractivity contribution in [2.75, 3.05) is 26.4 Å². The second-order valence-corrected chi connectivity index (χ2v) is 14.2. The maximum atomic E-state index is 12.4. The van der Waals surface area contributed by atoms with Gasteiger partial charge < -0.3 is 24.2 Å². The molecule has 2 heterocycles. The molecule has 1 aliphatic rings. The van der Waals surface area contributed by atoms with Crippen LogP contribution in [0.25, 0.3) is 10.4 Å². The predicted octanol–water partition coefficient (Wildman–Crippen LogP) is 7.35. The Hall–Kier alpha value is -2.51. The Bertz CT molecular complexity index is 1280. The van der Waals surface area contributed by atoms with Crippen molar-refractivity contribution in [2.24, 2.45) is 5.11 Å². The van der Waals surface area contributed by atoms with Crippen LogP contribution < -0.4 is 11.2 Å². The number of ether oxygens (including phenoxy) is 3. The fourth-order valence-electron chi connectivity index (χ4n) is 5.61. The summed E-state index contributed by atoms with van der Waals surface area (Å²) in [6.45, 7) is 3.45. The Kier molecular flexibility index (Phi) is 20.6. The summed E-state index contributed by atoms with van der Waals surface area (Å²) in [7, 11) is -4.92. The standard InChI is InChI=1S/C32H56N5O10P/c1-3-4-5-6-7-8-9-10-11-12-13-14-15-16-17-18-19-44-22-26(23-46-48(42,43)32(40)41)45-24-28-27(35-36-33)20-29(47-28)37-21-25(2)30(38)34-31(37)39/h21,26-29H,3-20,22-24H2,1-2H3,(H,40,41)(H,42,43)(H,34,38,39)/t26?,27-,28+,29+/m0/s1. The third kappa shape index (κ3) is 16.3. The molecule has 1 aromatic rings. The molecule has 15 nitrogen and oxygen atoms in total. The molecule has 274 valence electrons. The molecule has 1 aliphatic heterocycles. The number of aromatic nitrogens is 2. The number of azide groups is 1. The first-order valence-corrected chi connectivity index (χ1v) is 19.1. The number of rotatable bonds is 28. The molecule has 0 spiro atoms. The number of nitrogens with one attached hydrogen (secondary N) is 1. The van der Waals surface area contributed by atoms with E-state index in [1.54, 1.807) is 0 Å². The van der Waals surface area contributed by atoms with E-state index in [0.29, 0.717) is 12.2 Å². The molecular formula is C32H56N5O10P. The Morgan fingerprint density at radius 2 is 1.60 bits per heavy atom. The van der Waals surface area contributed by atoms with Gasteiger partial charge in [-0.25, -0.2) is 14.2 Å². The molecule has 0 aromatic carbocycles. The highest BCUT2D eigenvalue weighted by Gasteiger charge is 2.37. The normalized spacial score (nSPS) is 19.5. The van der Waals surface area contributed by atoms with Crippen LogP contribution in [-0.2, 0) is 23.3 Å². The van der Waals surface area contributed by atoms with Crippen molar-refractivity contribution in [1.82, 2.24) is 9.55 Å². The van der Waals surface area contributed by atoms with Gasteiger partial charge in [-0.3, -0.25) is 18.9 Å². The number of aromatic amines is 1. The number of carbonyl (C=O) groups is 1. The summed E-state index contributed by atoms with van der Waals surface area (Å²) in [5.74, 6) is 0. The molecule has 1 aromatic heterocycles. The minimum absolute atomic E-state index is 0.0424. The van der Waals surface area contributed by atoms with E-state index < -0.39 is 55.6 Å². The Labute approximate surface area is 282 Å². The van der Waals surface area contributed by atoms with Crippen LogP contribution in [0.15, 0.2) is 20.9 Å². The highest BCUT2D eigenvalue weighted by molar-refractivity contribution is 7.70. The topological polar surface area (TPSA) is 215 Å². The van der Waals surface area contributed by atoms with Gasteiger partial charge in [0, 0.05) is 29.7 Å². The van der Waals surface area contributed by atoms with E-state index in [2.05, 4.69) is 21.9 Å². The van der Waals surface area contributed by atoms with Gasteiger partial charge in [-0.2, -0.15) is 0 Å². The number of aryl methyl sites for hydroxylation is 1. The molecule has 0 saturated carbocycles. The molecule has 48 heavy (non-hydrogen) atoms. The van der Waals surface area contributed by atoms with Gasteiger partial charge in [0.05, 0.1) is 32.0 Å². The lowest BCUT2D eigenvalue weighted by Gasteiger charge is -2.22. The molecule has 0 aliphatic carbocycles. The maximum absolute atomic E-state index is 12.4. The van der Waals surface area contributed by atoms with Crippen LogP contribution in [0, 0.1) is 6.92 Å². The predicted molar refractivity (Wildman–Crippen MR) is 181 cm³/mol. The van der Waals surface area contributed by atoms with Crippen molar-refractivity contribution in [3.05, 3.63) is 43.0 Å². The van der Waals surface area contributed by atoms with Gasteiger partial charge >= 0.3 is 19.0 Å². The first-order valence-electron chi connectivity index (χ1n) is 17.5. The number of H-pyrrole nitrogens is 1. The first kappa shape index (κ1) is 41.7. The van der Waals surface area contributed by atoms with Crippen LogP contribution in [0.4, 0.5) is 4.79 Å². The zero-order valence-electron chi connectivity index (χ0n) is 28.6. The lowest BCUT2D eigenvalue weighted by atomic mass is 10.0. The summed E-state index contributed by atoms with van der Waals surface area (Å²) in [6, 6.07) is -0.727. The average Bonchev–Trinajstić information content (AvgIpc) is 3.45. The zero-order valence-corrected chi connectivity index (χ0v) is 29.5. The van der Waals surface area contributed by atoms with Gasteiger partial charge in [0.2, 0.25) is 0 Å². The smallest absolute Gasteiger partial charge is 0.435 e. The van der Waals surface area contributed by atoms with E-state index in [0.717, 1.165) is 19.3 Å². The molecule has 16 heteroatoms. The van der Waals surface area contributed by atoms with Crippen LogP contribution in [0.5, 0.6) is 0 Å². The quantitative estimate of drug-likeness (QED) is 0.0259. The summed E-state index contributed by atoms with van der Waals surface area (Å²) in [4.78, 5) is 49.8. The highest BCUT2D eigenvalue weighted by Crippen LogP contribution is 2.42. The van der Waals surface area contributed by atoms with E-state index in [4.69, 9.17) is 29.4 Å². The van der Waals surface area contributed by atoms with Gasteiger partial charge in [-0.05, 0) is 18.9 Å². The van der Waals surface area contributed by atoms with Gasteiger partial charge in [-0.1, -0.05) is 108 Å². The molecule has 1 saturated heterocycles. The van der Waals surface area contributed by atoms with Crippen molar-refractivity contribution in [3.63, 3.8) is 0 Å². The first-order chi connectivity index (χ1) is 23.1. The minimum atomic E-state index is -4.92. The van der Waals surface area contributed by atoms with E-state index >= 15 is 0 Å². The molecule has 0 amide bonds. The van der Waals surface area contributed by atoms with Gasteiger partial charge in [-0.15, -0.1) is 0 Å². The second-order valence-electron chi connectivity index (χ2n) is 12.5. The average molecular weight is 702 g/mol. The Balaban J connectivity index is 1.72. The van der Waals surface area contributed by atoms with Crippen molar-refractivity contribution >= 4 is 13.3 Å². The number of hydrogen-bond donors (Lipinski definition) is 3. The minimum Gasteiger partial charge on any atom is -0.472 e. The van der Waals surface area contributed by atoms with Crippen molar-refractivity contribution in [1.29, 1.82) is 0 Å². The maximum Gasteiger partial charge on any atom is 0.435 e. The van der Waals surface area contributed by atoms with Crippen molar-refractivity contribution in [2.45, 2.75) is 147 Å². The van der Waals surface area contributed by atoms with Crippen molar-refractivity contribution < 1.29 is 38.1 Å². The second kappa shape index (κ2) is 23.8. The summed E-state index contributed by atoms with van der Waals surface area (Å²) >= 11 is 0. The number of nitrogens with zero attached hydrogens (tertiary/aromatic N) is 4. The molecule has 3 N–H and O–H groups in total. The van der Waals surface area contributed by atoms with Crippen LogP contribution >= 0.6 is 7.60 Å². The molecule has 2 rings (SSSR count). The lowest BCUT2D eigenvalue weighted by Crippen LogP contribution is -2.34. The molecule has 0 bridgehead atoms. The summed E-state index contributed by atoms with van der Waals surface area (Å²) < 4.78 is 35.3. The van der Waals surface area contributed by atoms with E-state index in [9.17, 15) is 23.8 Å². The van der Waals surface area contributed by atoms with Crippen LogP contribution in [0.1, 0.15) is 128 Å². The van der Waals surface area contributed by atoms with Gasteiger partial charge in [0.15, 0.2) is 0 Å². The van der Waals surface area contributed by atoms with Crippen LogP contribution in [0.2, 0.25) is 0 Å². The van der Waals surface area contributed by atoms with Crippen LogP contribution in [-0.4, -0.2) is 69.9 Å². The summed E-state index contributed by atoms with van der Waals surface area (Å²) in [5.41, 5.74) is 6.16. The molecule has 1 fully saturated rings. The highest BCUT2D eigenvalue weighted by atomic mass is 31.2. The SMILES string of the molecule is CCCCCCCCCCCCCCCCCCOCC(COP(=O)(O)C(=O)O)OC[C@H]1O[C@@H](n2cc(C)c(=O)[nH]c2=O)C[C@@H]1N=[N+]=[N-]. The third-order valence-corrected chi connectivity index (χ3v) is 9.46. The largest absolute Gasteiger partial charge is 0.472 e. The molecule has 0 radical (unpaired) electrons. The lowest BCUT2D eigenvalue weighted by molar-refractivity contribution is -0.0910. The van der Waals surface area contributed by atoms with Gasteiger partial charge in [0.25, 0.3) is 5.56 Å². The monoisotopic (exact) mass is 701 g/mol. The third-order valence-electron chi connectivity index (χ3n) is 8.48. The van der Waals surface area contributed by atoms with Crippen LogP contribution in [0.3, 0.4) is 0 Å². The number of carboxylic acid groups (broad SMARTS) is 1. The zero-order chi connectivity index (χ0) is 35.2.